The van der Waals surface area contributed by atoms with Crippen molar-refractivity contribution < 1.29 is 4.74 Å². The molecule has 134 valence electrons. The molecule has 2 N–H and O–H groups in total. The second-order valence-corrected chi connectivity index (χ2v) is 7.67. The number of nitrogens with one attached hydrogen (secondary N) is 2. The maximum Gasteiger partial charge on any atom is 0.191 e. The van der Waals surface area contributed by atoms with Crippen molar-refractivity contribution in [3.63, 3.8) is 0 Å². The first-order chi connectivity index (χ1) is 10.4. The van der Waals surface area contributed by atoms with Crippen LogP contribution in [-0.4, -0.2) is 43.8 Å². The normalized spacial score (nSPS) is 13.4. The van der Waals surface area contributed by atoms with E-state index in [9.17, 15) is 0 Å². The van der Waals surface area contributed by atoms with Gasteiger partial charge in [-0.2, -0.15) is 0 Å². The maximum atomic E-state index is 5.55. The number of halogens is 1. The van der Waals surface area contributed by atoms with Gasteiger partial charge in [0.05, 0.1) is 17.7 Å². The van der Waals surface area contributed by atoms with Crippen LogP contribution in [0.5, 0.6) is 0 Å². The van der Waals surface area contributed by atoms with Crippen LogP contribution in [0, 0.1) is 12.3 Å². The number of ether oxygens (including phenoxy) is 1. The minimum Gasteiger partial charge on any atom is -0.379 e. The topological polar surface area (TPSA) is 58.5 Å². The number of rotatable bonds is 7. The Bertz CT molecular complexity index is 471. The Balaban J connectivity index is 0.00000484. The maximum absolute atomic E-state index is 5.55. The van der Waals surface area contributed by atoms with Crippen molar-refractivity contribution in [2.45, 2.75) is 47.1 Å². The summed E-state index contributed by atoms with van der Waals surface area (Å²) in [6.07, 6.45) is 2.94. The molecule has 0 fully saturated rings. The Morgan fingerprint density at radius 1 is 1.39 bits per heavy atom. The van der Waals surface area contributed by atoms with E-state index in [1.807, 2.05) is 6.20 Å². The summed E-state index contributed by atoms with van der Waals surface area (Å²) < 4.78 is 5.55. The van der Waals surface area contributed by atoms with Crippen LogP contribution >= 0.6 is 35.3 Å². The molecule has 0 aliphatic heterocycles. The molecule has 5 nitrogen and oxygen atoms in total. The summed E-state index contributed by atoms with van der Waals surface area (Å²) in [5.41, 5.74) is 0.0774. The molecule has 1 aromatic rings. The van der Waals surface area contributed by atoms with Crippen molar-refractivity contribution in [3.8, 4) is 0 Å². The van der Waals surface area contributed by atoms with Crippen LogP contribution < -0.4 is 10.6 Å². The molecule has 0 amide bonds. The molecule has 23 heavy (non-hydrogen) atoms. The molecule has 1 rings (SSSR count). The van der Waals surface area contributed by atoms with E-state index in [2.05, 4.69) is 55.2 Å². The third kappa shape index (κ3) is 8.85. The van der Waals surface area contributed by atoms with Crippen molar-refractivity contribution in [3.05, 3.63) is 16.1 Å². The Morgan fingerprint density at radius 2 is 2.09 bits per heavy atom. The zero-order valence-corrected chi connectivity index (χ0v) is 18.2. The summed E-state index contributed by atoms with van der Waals surface area (Å²) in [5, 5.41) is 7.79. The van der Waals surface area contributed by atoms with E-state index in [0.29, 0.717) is 6.54 Å². The van der Waals surface area contributed by atoms with Gasteiger partial charge < -0.3 is 15.4 Å². The van der Waals surface area contributed by atoms with Gasteiger partial charge in [-0.1, -0.05) is 20.8 Å². The molecule has 0 aliphatic rings. The van der Waals surface area contributed by atoms with E-state index in [1.54, 1.807) is 18.4 Å². The Morgan fingerprint density at radius 3 is 2.57 bits per heavy atom. The van der Waals surface area contributed by atoms with Crippen LogP contribution in [0.25, 0.3) is 0 Å². The minimum atomic E-state index is 0. The molecule has 7 heteroatoms. The van der Waals surface area contributed by atoms with Gasteiger partial charge in [0.15, 0.2) is 5.96 Å². The van der Waals surface area contributed by atoms with Crippen molar-refractivity contribution in [1.29, 1.82) is 0 Å². The van der Waals surface area contributed by atoms with E-state index in [4.69, 9.17) is 4.74 Å². The molecule has 1 unspecified atom stereocenters. The second-order valence-electron chi connectivity index (χ2n) is 6.35. The zero-order valence-electron chi connectivity index (χ0n) is 15.1. The van der Waals surface area contributed by atoms with Crippen molar-refractivity contribution >= 4 is 41.3 Å². The number of guanidine groups is 1. The number of aliphatic imine (C=N–C) groups is 1. The SMILES string of the molecule is CCNC(=NCC(OC)C(C)(C)C)NCCc1ncc(C)s1.I. The van der Waals surface area contributed by atoms with Gasteiger partial charge in [-0.15, -0.1) is 35.3 Å². The molecular formula is C16H31IN4OS. The van der Waals surface area contributed by atoms with E-state index in [-0.39, 0.29) is 35.5 Å². The van der Waals surface area contributed by atoms with Crippen molar-refractivity contribution in [2.24, 2.45) is 10.4 Å². The van der Waals surface area contributed by atoms with Crippen LogP contribution in [0.1, 0.15) is 37.6 Å². The highest BCUT2D eigenvalue weighted by atomic mass is 127. The van der Waals surface area contributed by atoms with Gasteiger partial charge in [-0.25, -0.2) is 4.98 Å². The van der Waals surface area contributed by atoms with Gasteiger partial charge in [0.1, 0.15) is 0 Å². The largest absolute Gasteiger partial charge is 0.379 e. The van der Waals surface area contributed by atoms with Gasteiger partial charge in [0, 0.05) is 37.7 Å². The lowest BCUT2D eigenvalue weighted by Crippen LogP contribution is -2.40. The number of hydrogen-bond donors (Lipinski definition) is 2. The summed E-state index contributed by atoms with van der Waals surface area (Å²) in [7, 11) is 1.75. The fourth-order valence-corrected chi connectivity index (χ4v) is 2.81. The molecule has 0 aromatic carbocycles. The lowest BCUT2D eigenvalue weighted by molar-refractivity contribution is 0.0241. The Labute approximate surface area is 161 Å². The molecule has 1 aromatic heterocycles. The number of methoxy groups -OCH3 is 1. The van der Waals surface area contributed by atoms with E-state index in [0.717, 1.165) is 30.5 Å². The molecule has 0 saturated heterocycles. The molecule has 0 aliphatic carbocycles. The highest BCUT2D eigenvalue weighted by Gasteiger charge is 2.24. The lowest BCUT2D eigenvalue weighted by Gasteiger charge is -2.28. The van der Waals surface area contributed by atoms with Gasteiger partial charge in [0.2, 0.25) is 0 Å². The van der Waals surface area contributed by atoms with Crippen LogP contribution in [0.4, 0.5) is 0 Å². The molecule has 1 atom stereocenters. The van der Waals surface area contributed by atoms with Crippen molar-refractivity contribution in [2.75, 3.05) is 26.7 Å². The summed E-state index contributed by atoms with van der Waals surface area (Å²) in [5.74, 6) is 0.835. The van der Waals surface area contributed by atoms with Crippen LogP contribution in [0.2, 0.25) is 0 Å². The van der Waals surface area contributed by atoms with Gasteiger partial charge in [-0.3, -0.25) is 4.99 Å². The number of nitrogens with zero attached hydrogens (tertiary/aromatic N) is 2. The van der Waals surface area contributed by atoms with Crippen LogP contribution in [-0.2, 0) is 11.2 Å². The highest BCUT2D eigenvalue weighted by Crippen LogP contribution is 2.21. The molecule has 0 spiro atoms. The Hall–Kier alpha value is -0.410. The first-order valence-electron chi connectivity index (χ1n) is 7.83. The van der Waals surface area contributed by atoms with E-state index >= 15 is 0 Å². The van der Waals surface area contributed by atoms with Gasteiger partial charge in [0.25, 0.3) is 0 Å². The Kier molecular flexibility index (Phi) is 11.0. The first kappa shape index (κ1) is 22.6. The minimum absolute atomic E-state index is 0. The van der Waals surface area contributed by atoms with Gasteiger partial charge in [-0.05, 0) is 19.3 Å². The predicted octanol–water partition coefficient (Wildman–Crippen LogP) is 3.23. The number of hydrogen-bond acceptors (Lipinski definition) is 4. The molecule has 0 bridgehead atoms. The molecule has 0 radical (unpaired) electrons. The summed E-state index contributed by atoms with van der Waals surface area (Å²) in [4.78, 5) is 10.3. The molecule has 1 heterocycles. The fourth-order valence-electron chi connectivity index (χ4n) is 2.02. The molecular weight excluding hydrogens is 423 g/mol. The number of aromatic nitrogens is 1. The van der Waals surface area contributed by atoms with Crippen LogP contribution in [0.3, 0.4) is 0 Å². The third-order valence-corrected chi connectivity index (χ3v) is 4.28. The number of aryl methyl sites for hydroxylation is 1. The van der Waals surface area contributed by atoms with Crippen LogP contribution in [0.15, 0.2) is 11.2 Å². The van der Waals surface area contributed by atoms with Gasteiger partial charge >= 0.3 is 0 Å². The van der Waals surface area contributed by atoms with E-state index < -0.39 is 0 Å². The smallest absolute Gasteiger partial charge is 0.191 e. The highest BCUT2D eigenvalue weighted by molar-refractivity contribution is 14.0. The molecule has 0 saturated carbocycles. The van der Waals surface area contributed by atoms with Crippen molar-refractivity contribution in [1.82, 2.24) is 15.6 Å². The summed E-state index contributed by atoms with van der Waals surface area (Å²) >= 11 is 1.75. The summed E-state index contributed by atoms with van der Waals surface area (Å²) in [6, 6.07) is 0. The number of thiazole rings is 1. The predicted molar refractivity (Wildman–Crippen MR) is 110 cm³/mol. The fraction of sp³-hybridized carbons (Fsp3) is 0.750. The average Bonchev–Trinajstić information content (AvgIpc) is 2.83. The first-order valence-corrected chi connectivity index (χ1v) is 8.64. The van der Waals surface area contributed by atoms with E-state index in [1.165, 1.54) is 4.88 Å². The second kappa shape index (κ2) is 11.2. The standard InChI is InChI=1S/C16H30N4OS.HI/c1-7-17-15(20-11-13(21-6)16(3,4)5)18-9-8-14-19-10-12(2)22-14;/h10,13H,7-9,11H2,1-6H3,(H2,17,18,20);1H. The monoisotopic (exact) mass is 454 g/mol. The quantitative estimate of drug-likeness (QED) is 0.378. The zero-order chi connectivity index (χ0) is 16.6. The third-order valence-electron chi connectivity index (χ3n) is 3.31. The summed E-state index contributed by atoms with van der Waals surface area (Å²) in [6.45, 7) is 13.0. The average molecular weight is 454 g/mol. The lowest BCUT2D eigenvalue weighted by atomic mass is 9.89.